The second kappa shape index (κ2) is 6.41. The third kappa shape index (κ3) is 2.97. The molecule has 2 atom stereocenters. The number of nitrogens with one attached hydrogen (secondary N) is 1. The fourth-order valence-electron chi connectivity index (χ4n) is 2.43. The topological polar surface area (TPSA) is 30.5 Å². The first-order valence-electron chi connectivity index (χ1n) is 6.23. The van der Waals surface area contributed by atoms with E-state index >= 15 is 0 Å². The highest BCUT2D eigenvalue weighted by molar-refractivity contribution is 5.85. The maximum absolute atomic E-state index is 6.19. The van der Waals surface area contributed by atoms with Crippen molar-refractivity contribution in [2.45, 2.75) is 32.0 Å². The van der Waals surface area contributed by atoms with Gasteiger partial charge >= 0.3 is 0 Å². The van der Waals surface area contributed by atoms with Crippen LogP contribution in [0.5, 0.6) is 5.75 Å². The molecular formula is C14H22ClNO2. The van der Waals surface area contributed by atoms with Crippen molar-refractivity contribution in [3.63, 3.8) is 0 Å². The maximum Gasteiger partial charge on any atom is 0.119 e. The molecule has 1 fully saturated rings. The molecule has 102 valence electrons. The lowest BCUT2D eigenvalue weighted by atomic mass is 9.89. The van der Waals surface area contributed by atoms with Gasteiger partial charge in [-0.25, -0.2) is 0 Å². The van der Waals surface area contributed by atoms with Crippen molar-refractivity contribution in [1.82, 2.24) is 5.32 Å². The van der Waals surface area contributed by atoms with Crippen molar-refractivity contribution >= 4 is 12.4 Å². The summed E-state index contributed by atoms with van der Waals surface area (Å²) in [6.45, 7) is 6.06. The maximum atomic E-state index is 6.19. The lowest BCUT2D eigenvalue weighted by Gasteiger charge is -2.40. The van der Waals surface area contributed by atoms with Gasteiger partial charge in [0.25, 0.3) is 0 Å². The molecule has 2 rings (SSSR count). The molecule has 4 heteroatoms. The van der Waals surface area contributed by atoms with Crippen molar-refractivity contribution in [3.05, 3.63) is 29.8 Å². The fourth-order valence-corrected chi connectivity index (χ4v) is 2.43. The summed E-state index contributed by atoms with van der Waals surface area (Å²) in [6.07, 6.45) is 1.20. The Labute approximate surface area is 115 Å². The molecule has 18 heavy (non-hydrogen) atoms. The van der Waals surface area contributed by atoms with Crippen LogP contribution in [0.15, 0.2) is 24.3 Å². The Morgan fingerprint density at radius 3 is 2.89 bits per heavy atom. The van der Waals surface area contributed by atoms with Crippen LogP contribution in [0, 0.1) is 0 Å². The van der Waals surface area contributed by atoms with E-state index in [0.29, 0.717) is 0 Å². The first kappa shape index (κ1) is 15.3. The minimum atomic E-state index is -0.216. The van der Waals surface area contributed by atoms with E-state index in [0.717, 1.165) is 25.3 Å². The van der Waals surface area contributed by atoms with Gasteiger partial charge in [0.2, 0.25) is 0 Å². The van der Waals surface area contributed by atoms with E-state index in [4.69, 9.17) is 9.47 Å². The summed E-state index contributed by atoms with van der Waals surface area (Å²) in [4.78, 5) is 0. The molecule has 3 nitrogen and oxygen atoms in total. The number of ether oxygens (including phenoxy) is 2. The Bertz CT molecular complexity index is 386. The molecule has 0 aliphatic carbocycles. The Hall–Kier alpha value is -0.770. The highest BCUT2D eigenvalue weighted by atomic mass is 35.5. The molecule has 1 saturated heterocycles. The lowest BCUT2D eigenvalue weighted by molar-refractivity contribution is -0.116. The summed E-state index contributed by atoms with van der Waals surface area (Å²) < 4.78 is 11.5. The summed E-state index contributed by atoms with van der Waals surface area (Å²) >= 11 is 0. The van der Waals surface area contributed by atoms with Gasteiger partial charge < -0.3 is 14.8 Å². The van der Waals surface area contributed by atoms with Crippen LogP contribution in [-0.2, 0) is 10.3 Å². The predicted molar refractivity (Wildman–Crippen MR) is 75.6 cm³/mol. The Balaban J connectivity index is 0.00000162. The van der Waals surface area contributed by atoms with Crippen LogP contribution in [0.1, 0.15) is 25.8 Å². The van der Waals surface area contributed by atoms with Crippen LogP contribution in [0.25, 0.3) is 0 Å². The molecule has 1 N–H and O–H groups in total. The average Bonchev–Trinajstić information content (AvgIpc) is 2.38. The van der Waals surface area contributed by atoms with E-state index in [-0.39, 0.29) is 24.1 Å². The summed E-state index contributed by atoms with van der Waals surface area (Å²) in [6, 6.07) is 8.18. The van der Waals surface area contributed by atoms with E-state index in [1.54, 1.807) is 7.11 Å². The van der Waals surface area contributed by atoms with Crippen LogP contribution in [0.4, 0.5) is 0 Å². The van der Waals surface area contributed by atoms with E-state index in [9.17, 15) is 0 Å². The van der Waals surface area contributed by atoms with Crippen LogP contribution in [0.2, 0.25) is 0 Å². The number of benzene rings is 1. The molecule has 0 saturated carbocycles. The fraction of sp³-hybridized carbons (Fsp3) is 0.571. The second-order valence-electron chi connectivity index (χ2n) is 4.64. The van der Waals surface area contributed by atoms with Gasteiger partial charge in [0.05, 0.1) is 13.2 Å². The first-order chi connectivity index (χ1) is 8.20. The molecule has 1 aliphatic rings. The van der Waals surface area contributed by atoms with Gasteiger partial charge in [0, 0.05) is 13.1 Å². The zero-order valence-electron chi connectivity index (χ0n) is 11.2. The Morgan fingerprint density at radius 1 is 1.50 bits per heavy atom. The third-order valence-corrected chi connectivity index (χ3v) is 3.44. The molecule has 2 unspecified atom stereocenters. The number of hydrogen-bond donors (Lipinski definition) is 1. The van der Waals surface area contributed by atoms with Gasteiger partial charge in [-0.1, -0.05) is 19.1 Å². The smallest absolute Gasteiger partial charge is 0.119 e. The van der Waals surface area contributed by atoms with Gasteiger partial charge in [-0.15, -0.1) is 12.4 Å². The summed E-state index contributed by atoms with van der Waals surface area (Å²) in [5, 5.41) is 3.45. The molecular weight excluding hydrogens is 250 g/mol. The SMILES string of the molecule is CCC1(c2cccc(OC)c2)CNCC(C)O1.Cl. The molecule has 0 spiro atoms. The number of morpholine rings is 1. The molecule has 0 radical (unpaired) electrons. The first-order valence-corrected chi connectivity index (χ1v) is 6.23. The second-order valence-corrected chi connectivity index (χ2v) is 4.64. The molecule has 1 aromatic carbocycles. The van der Waals surface area contributed by atoms with E-state index in [2.05, 4.69) is 31.3 Å². The summed E-state index contributed by atoms with van der Waals surface area (Å²) in [5.41, 5.74) is 0.977. The van der Waals surface area contributed by atoms with Crippen molar-refractivity contribution < 1.29 is 9.47 Å². The highest BCUT2D eigenvalue weighted by Crippen LogP contribution is 2.34. The van der Waals surface area contributed by atoms with Gasteiger partial charge in [-0.3, -0.25) is 0 Å². The molecule has 1 aliphatic heterocycles. The van der Waals surface area contributed by atoms with Crippen molar-refractivity contribution in [2.24, 2.45) is 0 Å². The zero-order valence-corrected chi connectivity index (χ0v) is 12.0. The normalized spacial score (nSPS) is 27.4. The highest BCUT2D eigenvalue weighted by Gasteiger charge is 2.36. The Morgan fingerprint density at radius 2 is 2.28 bits per heavy atom. The standard InChI is InChI=1S/C14H21NO2.ClH/c1-4-14(10-15-9-11(2)17-14)12-6-5-7-13(8-12)16-3;/h5-8,11,15H,4,9-10H2,1-3H3;1H. The number of methoxy groups -OCH3 is 1. The number of halogens is 1. The van der Waals surface area contributed by atoms with Gasteiger partial charge in [-0.2, -0.15) is 0 Å². The van der Waals surface area contributed by atoms with Gasteiger partial charge in [0.1, 0.15) is 11.4 Å². The van der Waals surface area contributed by atoms with Crippen molar-refractivity contribution in [1.29, 1.82) is 0 Å². The third-order valence-electron chi connectivity index (χ3n) is 3.44. The molecule has 1 heterocycles. The molecule has 1 aromatic rings. The predicted octanol–water partition coefficient (Wildman–Crippen LogP) is 2.73. The monoisotopic (exact) mass is 271 g/mol. The number of rotatable bonds is 3. The summed E-state index contributed by atoms with van der Waals surface area (Å²) in [5.74, 6) is 0.886. The van der Waals surface area contributed by atoms with Crippen LogP contribution in [0.3, 0.4) is 0 Å². The van der Waals surface area contributed by atoms with Crippen LogP contribution in [-0.4, -0.2) is 26.3 Å². The van der Waals surface area contributed by atoms with E-state index in [1.165, 1.54) is 5.56 Å². The quantitative estimate of drug-likeness (QED) is 0.917. The molecule has 0 aromatic heterocycles. The van der Waals surface area contributed by atoms with Crippen molar-refractivity contribution in [2.75, 3.05) is 20.2 Å². The number of hydrogen-bond acceptors (Lipinski definition) is 3. The van der Waals surface area contributed by atoms with Crippen molar-refractivity contribution in [3.8, 4) is 5.75 Å². The van der Waals surface area contributed by atoms with Crippen LogP contribution >= 0.6 is 12.4 Å². The average molecular weight is 272 g/mol. The lowest BCUT2D eigenvalue weighted by Crippen LogP contribution is -2.50. The largest absolute Gasteiger partial charge is 0.497 e. The molecule has 0 bridgehead atoms. The summed E-state index contributed by atoms with van der Waals surface area (Å²) in [7, 11) is 1.69. The molecule has 0 amide bonds. The minimum absolute atomic E-state index is 0. The minimum Gasteiger partial charge on any atom is -0.497 e. The van der Waals surface area contributed by atoms with E-state index < -0.39 is 0 Å². The Kier molecular flexibility index (Phi) is 5.45. The van der Waals surface area contributed by atoms with Gasteiger partial charge in [0.15, 0.2) is 0 Å². The zero-order chi connectivity index (χ0) is 12.3. The van der Waals surface area contributed by atoms with E-state index in [1.807, 2.05) is 12.1 Å². The van der Waals surface area contributed by atoms with Crippen LogP contribution < -0.4 is 10.1 Å². The van der Waals surface area contributed by atoms with Gasteiger partial charge in [-0.05, 0) is 31.0 Å².